The summed E-state index contributed by atoms with van der Waals surface area (Å²) in [7, 11) is -3.39. The van der Waals surface area contributed by atoms with Crippen LogP contribution in [-0.4, -0.2) is 43.9 Å². The predicted octanol–water partition coefficient (Wildman–Crippen LogP) is 2.71. The Morgan fingerprint density at radius 2 is 2.00 bits per heavy atom. The van der Waals surface area contributed by atoms with Gasteiger partial charge in [-0.25, -0.2) is 0 Å². The third kappa shape index (κ3) is 8.08. The second-order valence-corrected chi connectivity index (χ2v) is 5.66. The topological polar surface area (TPSA) is 111 Å². The molecular weight excluding hydrogens is 297 g/mol. The Bertz CT molecular complexity index is 365. The molecule has 0 fully saturated rings. The Hall–Kier alpha value is -0.780. The van der Waals surface area contributed by atoms with Gasteiger partial charge in [-0.15, -0.1) is 11.6 Å². The molecule has 0 saturated heterocycles. The fraction of sp³-hybridized carbons (Fsp3) is 0.889. The van der Waals surface area contributed by atoms with E-state index in [4.69, 9.17) is 30.9 Å². The lowest BCUT2D eigenvalue weighted by molar-refractivity contribution is -0.144. The number of alkyl halides is 1. The van der Waals surface area contributed by atoms with Crippen molar-refractivity contribution in [3.8, 4) is 0 Å². The number of ether oxygens (including phenoxy) is 1. The molecule has 0 bridgehead atoms. The van der Waals surface area contributed by atoms with Gasteiger partial charge in [0.2, 0.25) is 0 Å². The Balaban J connectivity index is 4.77. The van der Waals surface area contributed by atoms with E-state index in [-0.39, 0.29) is 31.8 Å². The van der Waals surface area contributed by atoms with E-state index in [9.17, 15) is 9.36 Å². The van der Waals surface area contributed by atoms with Gasteiger partial charge < -0.3 is 13.8 Å². The minimum atomic E-state index is -3.39. The lowest BCUT2D eigenvalue weighted by atomic mass is 10.4. The van der Waals surface area contributed by atoms with Crippen LogP contribution in [0.5, 0.6) is 0 Å². The number of halogens is 1. The molecule has 10 heteroatoms. The summed E-state index contributed by atoms with van der Waals surface area (Å²) in [5.41, 5.74) is 8.27. The van der Waals surface area contributed by atoms with Gasteiger partial charge in [-0.05, 0) is 19.4 Å². The van der Waals surface area contributed by atoms with Gasteiger partial charge in [-0.2, -0.15) is 0 Å². The van der Waals surface area contributed by atoms with Crippen molar-refractivity contribution in [2.24, 2.45) is 5.11 Å². The van der Waals surface area contributed by atoms with Crippen molar-refractivity contribution in [1.82, 2.24) is 0 Å². The van der Waals surface area contributed by atoms with Crippen molar-refractivity contribution >= 4 is 25.2 Å². The molecule has 0 aliphatic heterocycles. The average molecular weight is 314 g/mol. The monoisotopic (exact) mass is 313 g/mol. The maximum Gasteiger partial charge on any atom is 0.334 e. The summed E-state index contributed by atoms with van der Waals surface area (Å²) in [5.74, 6) is -1.04. The molecule has 0 heterocycles. The van der Waals surface area contributed by atoms with Gasteiger partial charge in [0.05, 0.1) is 25.9 Å². The Morgan fingerprint density at radius 3 is 2.42 bits per heavy atom. The molecule has 0 saturated carbocycles. The van der Waals surface area contributed by atoms with Crippen LogP contribution in [0, 0.1) is 0 Å². The number of rotatable bonds is 10. The quantitative estimate of drug-likeness (QED) is 0.154. The van der Waals surface area contributed by atoms with Gasteiger partial charge >= 0.3 is 13.6 Å². The molecule has 0 N–H and O–H groups in total. The molecule has 0 spiro atoms. The van der Waals surface area contributed by atoms with Crippen molar-refractivity contribution in [3.05, 3.63) is 10.4 Å². The average Bonchev–Trinajstić information content (AvgIpc) is 2.36. The first-order valence-electron chi connectivity index (χ1n) is 5.65. The standard InChI is InChI=1S/C9H17ClN3O5P/c1-3-16-19(15,17-4-2)7-8(6-12-13-11)18-9(14)5-10/h8H,3-7H2,1-2H3/t8-/m0/s1. The summed E-state index contributed by atoms with van der Waals surface area (Å²) in [6.07, 6.45) is -1.08. The van der Waals surface area contributed by atoms with Crippen molar-refractivity contribution in [2.45, 2.75) is 20.0 Å². The fourth-order valence-corrected chi connectivity index (χ4v) is 3.09. The first-order chi connectivity index (χ1) is 9.01. The fourth-order valence-electron chi connectivity index (χ4n) is 1.26. The minimum absolute atomic E-state index is 0.163. The van der Waals surface area contributed by atoms with E-state index in [1.165, 1.54) is 0 Å². The van der Waals surface area contributed by atoms with Crippen LogP contribution in [0.15, 0.2) is 5.11 Å². The molecule has 0 radical (unpaired) electrons. The van der Waals surface area contributed by atoms with Crippen LogP contribution < -0.4 is 0 Å². The highest BCUT2D eigenvalue weighted by molar-refractivity contribution is 7.53. The minimum Gasteiger partial charge on any atom is -0.461 e. The molecule has 0 rings (SSSR count). The molecular formula is C9H17ClN3O5P. The molecule has 0 aromatic carbocycles. The van der Waals surface area contributed by atoms with Crippen LogP contribution in [0.4, 0.5) is 0 Å². The number of esters is 1. The third-order valence-electron chi connectivity index (χ3n) is 1.83. The zero-order valence-electron chi connectivity index (χ0n) is 10.8. The second kappa shape index (κ2) is 10.1. The summed E-state index contributed by atoms with van der Waals surface area (Å²) in [6, 6.07) is 0. The normalized spacial score (nSPS) is 12.6. The number of carbonyl (C=O) groups is 1. The predicted molar refractivity (Wildman–Crippen MR) is 70.3 cm³/mol. The Labute approximate surface area is 116 Å². The van der Waals surface area contributed by atoms with Crippen molar-refractivity contribution in [2.75, 3.05) is 31.8 Å². The molecule has 19 heavy (non-hydrogen) atoms. The SMILES string of the molecule is CCOP(=O)(C[C@H](CN=[N+]=[N-])OC(=O)CCl)OCC. The van der Waals surface area contributed by atoms with Crippen LogP contribution in [0.1, 0.15) is 13.8 Å². The van der Waals surface area contributed by atoms with E-state index >= 15 is 0 Å². The number of hydrogen-bond donors (Lipinski definition) is 0. The summed E-state index contributed by atoms with van der Waals surface area (Å²) < 4.78 is 27.3. The van der Waals surface area contributed by atoms with Gasteiger partial charge in [-0.3, -0.25) is 9.36 Å². The van der Waals surface area contributed by atoms with E-state index in [0.717, 1.165) is 0 Å². The van der Waals surface area contributed by atoms with Crippen molar-refractivity contribution in [1.29, 1.82) is 0 Å². The summed E-state index contributed by atoms with van der Waals surface area (Å²) in [4.78, 5) is 13.7. The first kappa shape index (κ1) is 18.2. The summed E-state index contributed by atoms with van der Waals surface area (Å²) >= 11 is 5.31. The molecule has 1 atom stereocenters. The van der Waals surface area contributed by atoms with E-state index in [2.05, 4.69) is 10.0 Å². The maximum absolute atomic E-state index is 12.3. The second-order valence-electron chi connectivity index (χ2n) is 3.29. The lowest BCUT2D eigenvalue weighted by Crippen LogP contribution is -2.26. The molecule has 0 aromatic heterocycles. The van der Waals surface area contributed by atoms with Gasteiger partial charge in [0.15, 0.2) is 0 Å². The molecule has 8 nitrogen and oxygen atoms in total. The van der Waals surface area contributed by atoms with Crippen LogP contribution in [0.3, 0.4) is 0 Å². The van der Waals surface area contributed by atoms with Crippen molar-refractivity contribution in [3.63, 3.8) is 0 Å². The summed E-state index contributed by atoms with van der Waals surface area (Å²) in [6.45, 7) is 3.55. The molecule has 0 aliphatic carbocycles. The van der Waals surface area contributed by atoms with E-state index in [1.807, 2.05) is 0 Å². The number of carbonyl (C=O) groups excluding carboxylic acids is 1. The smallest absolute Gasteiger partial charge is 0.334 e. The number of hydrogen-bond acceptors (Lipinski definition) is 6. The highest BCUT2D eigenvalue weighted by Crippen LogP contribution is 2.48. The molecule has 0 aliphatic rings. The molecule has 0 aromatic rings. The zero-order valence-corrected chi connectivity index (χ0v) is 12.5. The zero-order chi connectivity index (χ0) is 14.7. The van der Waals surface area contributed by atoms with Crippen LogP contribution >= 0.6 is 19.2 Å². The lowest BCUT2D eigenvalue weighted by Gasteiger charge is -2.22. The number of azide groups is 1. The Morgan fingerprint density at radius 1 is 1.42 bits per heavy atom. The molecule has 0 amide bonds. The summed E-state index contributed by atoms with van der Waals surface area (Å²) in [5, 5.41) is 3.29. The highest BCUT2D eigenvalue weighted by Gasteiger charge is 2.30. The van der Waals surface area contributed by atoms with Gasteiger partial charge in [0.1, 0.15) is 12.0 Å². The third-order valence-corrected chi connectivity index (χ3v) is 4.21. The van der Waals surface area contributed by atoms with E-state index in [0.29, 0.717) is 0 Å². The largest absolute Gasteiger partial charge is 0.461 e. The van der Waals surface area contributed by atoms with Gasteiger partial charge in [0.25, 0.3) is 0 Å². The van der Waals surface area contributed by atoms with Crippen LogP contribution in [-0.2, 0) is 23.1 Å². The highest BCUT2D eigenvalue weighted by atomic mass is 35.5. The van der Waals surface area contributed by atoms with Crippen LogP contribution in [0.25, 0.3) is 10.4 Å². The van der Waals surface area contributed by atoms with Crippen LogP contribution in [0.2, 0.25) is 0 Å². The molecule has 0 unspecified atom stereocenters. The Kier molecular flexibility index (Phi) is 9.65. The molecule has 110 valence electrons. The number of nitrogens with zero attached hydrogens (tertiary/aromatic N) is 3. The van der Waals surface area contributed by atoms with Gasteiger partial charge in [0, 0.05) is 4.91 Å². The first-order valence-corrected chi connectivity index (χ1v) is 7.92. The maximum atomic E-state index is 12.3. The van der Waals surface area contributed by atoms with Crippen molar-refractivity contribution < 1.29 is 23.1 Å². The van der Waals surface area contributed by atoms with E-state index < -0.39 is 19.7 Å². The van der Waals surface area contributed by atoms with Gasteiger partial charge in [-0.1, -0.05) is 5.11 Å². The van der Waals surface area contributed by atoms with E-state index in [1.54, 1.807) is 13.8 Å².